The molecule has 0 amide bonds. The van der Waals surface area contributed by atoms with Crippen LogP contribution in [0.1, 0.15) is 5.56 Å². The molecule has 3 aromatic rings. The van der Waals surface area contributed by atoms with E-state index in [1.54, 1.807) is 29.7 Å². The standard InChI is InChI=1S/C14H11Cl2N3OS/c15-10-4-9(5-11(16)14(10)20)17-6-8-7-18-19-13(8)12-2-1-3-21-12/h1-5,7,17,20H,6H2,(H,18,19). The highest BCUT2D eigenvalue weighted by molar-refractivity contribution is 7.13. The molecule has 1 aromatic carbocycles. The van der Waals surface area contributed by atoms with Crippen molar-refractivity contribution in [2.45, 2.75) is 6.54 Å². The summed E-state index contributed by atoms with van der Waals surface area (Å²) in [5, 5.41) is 22.3. The Hall–Kier alpha value is -1.69. The average molecular weight is 340 g/mol. The van der Waals surface area contributed by atoms with Crippen molar-refractivity contribution < 1.29 is 5.11 Å². The second-order valence-corrected chi connectivity index (χ2v) is 6.15. The van der Waals surface area contributed by atoms with Gasteiger partial charge < -0.3 is 10.4 Å². The first-order valence-electron chi connectivity index (χ1n) is 6.13. The third-order valence-electron chi connectivity index (χ3n) is 2.99. The molecule has 3 N–H and O–H groups in total. The molecule has 21 heavy (non-hydrogen) atoms. The SMILES string of the molecule is Oc1c(Cl)cc(NCc2cn[nH]c2-c2cccs2)cc1Cl. The van der Waals surface area contributed by atoms with Gasteiger partial charge in [-0.15, -0.1) is 11.3 Å². The van der Waals surface area contributed by atoms with E-state index >= 15 is 0 Å². The Morgan fingerprint density at radius 3 is 2.71 bits per heavy atom. The predicted octanol–water partition coefficient (Wildman–Crippen LogP) is 4.76. The van der Waals surface area contributed by atoms with Crippen LogP contribution in [0.3, 0.4) is 0 Å². The molecule has 0 aliphatic rings. The minimum atomic E-state index is -0.105. The normalized spacial score (nSPS) is 10.8. The van der Waals surface area contributed by atoms with Gasteiger partial charge in [0.1, 0.15) is 0 Å². The van der Waals surface area contributed by atoms with Crippen LogP contribution in [0, 0.1) is 0 Å². The van der Waals surface area contributed by atoms with Gasteiger partial charge in [0.2, 0.25) is 0 Å². The van der Waals surface area contributed by atoms with Crippen molar-refractivity contribution >= 4 is 40.2 Å². The molecule has 2 heterocycles. The zero-order valence-corrected chi connectivity index (χ0v) is 13.1. The molecule has 0 spiro atoms. The van der Waals surface area contributed by atoms with E-state index in [4.69, 9.17) is 23.2 Å². The summed E-state index contributed by atoms with van der Waals surface area (Å²) in [7, 11) is 0. The van der Waals surface area contributed by atoms with E-state index < -0.39 is 0 Å². The number of hydrogen-bond acceptors (Lipinski definition) is 4. The van der Waals surface area contributed by atoms with Crippen LogP contribution in [0.15, 0.2) is 35.8 Å². The molecule has 0 atom stereocenters. The van der Waals surface area contributed by atoms with Crippen molar-refractivity contribution in [3.8, 4) is 16.3 Å². The molecular weight excluding hydrogens is 329 g/mol. The topological polar surface area (TPSA) is 60.9 Å². The molecule has 0 radical (unpaired) electrons. The maximum Gasteiger partial charge on any atom is 0.152 e. The average Bonchev–Trinajstić information content (AvgIpc) is 3.12. The van der Waals surface area contributed by atoms with Gasteiger partial charge >= 0.3 is 0 Å². The third kappa shape index (κ3) is 3.00. The highest BCUT2D eigenvalue weighted by Gasteiger charge is 2.10. The van der Waals surface area contributed by atoms with E-state index in [0.717, 1.165) is 21.8 Å². The number of hydrogen-bond donors (Lipinski definition) is 3. The molecule has 0 unspecified atom stereocenters. The summed E-state index contributed by atoms with van der Waals surface area (Å²) >= 11 is 13.5. The van der Waals surface area contributed by atoms with Crippen LogP contribution in [0.25, 0.3) is 10.6 Å². The van der Waals surface area contributed by atoms with Gasteiger partial charge in [-0.2, -0.15) is 5.10 Å². The lowest BCUT2D eigenvalue weighted by Gasteiger charge is -2.09. The lowest BCUT2D eigenvalue weighted by molar-refractivity contribution is 0.476. The zero-order valence-electron chi connectivity index (χ0n) is 10.7. The molecule has 3 rings (SSSR count). The van der Waals surface area contributed by atoms with Crippen molar-refractivity contribution in [3.63, 3.8) is 0 Å². The van der Waals surface area contributed by atoms with E-state index in [9.17, 15) is 5.11 Å². The first-order valence-corrected chi connectivity index (χ1v) is 7.76. The monoisotopic (exact) mass is 339 g/mol. The lowest BCUT2D eigenvalue weighted by Crippen LogP contribution is -1.99. The Morgan fingerprint density at radius 1 is 1.29 bits per heavy atom. The summed E-state index contributed by atoms with van der Waals surface area (Å²) < 4.78 is 0. The van der Waals surface area contributed by atoms with E-state index in [2.05, 4.69) is 15.5 Å². The highest BCUT2D eigenvalue weighted by Crippen LogP contribution is 2.35. The highest BCUT2D eigenvalue weighted by atomic mass is 35.5. The smallest absolute Gasteiger partial charge is 0.152 e. The molecule has 0 saturated carbocycles. The van der Waals surface area contributed by atoms with E-state index in [1.807, 2.05) is 17.5 Å². The number of aromatic amines is 1. The van der Waals surface area contributed by atoms with Crippen LogP contribution in [0.2, 0.25) is 10.0 Å². The van der Waals surface area contributed by atoms with Gasteiger partial charge in [0.25, 0.3) is 0 Å². The Morgan fingerprint density at radius 2 is 2.05 bits per heavy atom. The Kier molecular flexibility index (Phi) is 4.05. The number of thiophene rings is 1. The molecule has 2 aromatic heterocycles. The number of aromatic hydroxyl groups is 1. The van der Waals surface area contributed by atoms with E-state index in [0.29, 0.717) is 6.54 Å². The number of benzene rings is 1. The predicted molar refractivity (Wildman–Crippen MR) is 87.4 cm³/mol. The Labute approximate surface area is 135 Å². The molecule has 0 aliphatic heterocycles. The quantitative estimate of drug-likeness (QED) is 0.600. The molecule has 0 saturated heterocycles. The number of halogens is 2. The number of nitrogens with zero attached hydrogens (tertiary/aromatic N) is 1. The van der Waals surface area contributed by atoms with Gasteiger partial charge in [-0.25, -0.2) is 0 Å². The summed E-state index contributed by atoms with van der Waals surface area (Å²) in [5.74, 6) is -0.105. The Balaban J connectivity index is 1.79. The number of rotatable bonds is 4. The number of aromatic nitrogens is 2. The Bertz CT molecular complexity index is 732. The lowest BCUT2D eigenvalue weighted by atomic mass is 10.2. The molecule has 4 nitrogen and oxygen atoms in total. The molecular formula is C14H11Cl2N3OS. The van der Waals surface area contributed by atoms with Gasteiger partial charge in [-0.1, -0.05) is 29.3 Å². The number of H-pyrrole nitrogens is 1. The van der Waals surface area contributed by atoms with Gasteiger partial charge in [-0.3, -0.25) is 5.10 Å². The minimum Gasteiger partial charge on any atom is -0.505 e. The first-order chi connectivity index (χ1) is 10.1. The summed E-state index contributed by atoms with van der Waals surface area (Å²) in [6, 6.07) is 7.30. The number of phenolic OH excluding ortho intramolecular Hbond substituents is 1. The first kappa shape index (κ1) is 14.3. The number of nitrogens with one attached hydrogen (secondary N) is 2. The fourth-order valence-corrected chi connectivity index (χ4v) is 3.19. The van der Waals surface area contributed by atoms with Crippen LogP contribution in [0.4, 0.5) is 5.69 Å². The fraction of sp³-hybridized carbons (Fsp3) is 0.0714. The fourth-order valence-electron chi connectivity index (χ4n) is 1.94. The largest absolute Gasteiger partial charge is 0.505 e. The zero-order chi connectivity index (χ0) is 14.8. The molecule has 0 fully saturated rings. The van der Waals surface area contributed by atoms with Gasteiger partial charge in [0.15, 0.2) is 5.75 Å². The van der Waals surface area contributed by atoms with Crippen molar-refractivity contribution in [1.29, 1.82) is 0 Å². The van der Waals surface area contributed by atoms with Crippen LogP contribution < -0.4 is 5.32 Å². The van der Waals surface area contributed by atoms with Crippen LogP contribution in [-0.2, 0) is 6.54 Å². The van der Waals surface area contributed by atoms with E-state index in [1.165, 1.54) is 0 Å². The van der Waals surface area contributed by atoms with Crippen LogP contribution in [0.5, 0.6) is 5.75 Å². The summed E-state index contributed by atoms with van der Waals surface area (Å²) in [4.78, 5) is 1.13. The maximum atomic E-state index is 9.55. The van der Waals surface area contributed by atoms with E-state index in [-0.39, 0.29) is 15.8 Å². The molecule has 0 bridgehead atoms. The molecule has 0 aliphatic carbocycles. The number of anilines is 1. The third-order valence-corrected chi connectivity index (χ3v) is 4.45. The summed E-state index contributed by atoms with van der Waals surface area (Å²) in [6.07, 6.45) is 1.78. The van der Waals surface area contributed by atoms with Crippen molar-refractivity contribution in [1.82, 2.24) is 10.2 Å². The van der Waals surface area contributed by atoms with Crippen LogP contribution in [-0.4, -0.2) is 15.3 Å². The summed E-state index contributed by atoms with van der Waals surface area (Å²) in [6.45, 7) is 0.571. The second kappa shape index (κ2) is 5.97. The summed E-state index contributed by atoms with van der Waals surface area (Å²) in [5.41, 5.74) is 2.77. The van der Waals surface area contributed by atoms with Crippen LogP contribution >= 0.6 is 34.5 Å². The van der Waals surface area contributed by atoms with Gasteiger partial charge in [-0.05, 0) is 23.6 Å². The second-order valence-electron chi connectivity index (χ2n) is 4.39. The number of phenols is 1. The van der Waals surface area contributed by atoms with Crippen molar-refractivity contribution in [3.05, 3.63) is 51.5 Å². The van der Waals surface area contributed by atoms with Gasteiger partial charge in [0.05, 0.1) is 26.8 Å². The van der Waals surface area contributed by atoms with Gasteiger partial charge in [0, 0.05) is 17.8 Å². The maximum absolute atomic E-state index is 9.55. The van der Waals surface area contributed by atoms with Crippen molar-refractivity contribution in [2.24, 2.45) is 0 Å². The van der Waals surface area contributed by atoms with Crippen molar-refractivity contribution in [2.75, 3.05) is 5.32 Å². The molecule has 108 valence electrons. The molecule has 7 heteroatoms. The minimum absolute atomic E-state index is 0.105.